The molecule has 0 rings (SSSR count). The van der Waals surface area contributed by atoms with E-state index in [-0.39, 0.29) is 5.97 Å². The molecule has 0 unspecified atom stereocenters. The Hall–Kier alpha value is -0.530. The lowest BCUT2D eigenvalue weighted by Gasteiger charge is -2.06. The summed E-state index contributed by atoms with van der Waals surface area (Å²) in [4.78, 5) is 12.1. The minimum Gasteiger partial charge on any atom is -0.466 e. The van der Waals surface area contributed by atoms with Crippen LogP contribution in [0.25, 0.3) is 0 Å². The summed E-state index contributed by atoms with van der Waals surface area (Å²) in [6.45, 7) is 5.25. The summed E-state index contributed by atoms with van der Waals surface area (Å²) in [7, 11) is 0. The smallest absolute Gasteiger partial charge is 0.305 e. The molecule has 0 bridgehead atoms. The van der Waals surface area contributed by atoms with Gasteiger partial charge < -0.3 is 4.74 Å². The molecular weight excluding hydrogens is 789 g/mol. The molecule has 2 heteroatoms. The Bertz CT molecular complexity index is 822. The van der Waals surface area contributed by atoms with E-state index in [0.29, 0.717) is 13.0 Å². The first kappa shape index (κ1) is 64.5. The van der Waals surface area contributed by atoms with Crippen molar-refractivity contribution in [1.82, 2.24) is 0 Å². The highest BCUT2D eigenvalue weighted by atomic mass is 16.5. The third kappa shape index (κ3) is 61.5. The predicted molar refractivity (Wildman–Crippen MR) is 295 cm³/mol. The third-order valence-corrected chi connectivity index (χ3v) is 15.0. The van der Waals surface area contributed by atoms with Crippen molar-refractivity contribution < 1.29 is 9.53 Å². The van der Waals surface area contributed by atoms with Gasteiger partial charge in [-0.15, -0.1) is 0 Å². The summed E-state index contributed by atoms with van der Waals surface area (Å²) in [6, 6.07) is 0. The Labute approximate surface area is 413 Å². The second-order valence-corrected chi connectivity index (χ2v) is 21.8. The van der Waals surface area contributed by atoms with Gasteiger partial charge in [0.15, 0.2) is 0 Å². The zero-order valence-corrected chi connectivity index (χ0v) is 45.7. The van der Waals surface area contributed by atoms with Gasteiger partial charge in [0.25, 0.3) is 0 Å². The van der Waals surface area contributed by atoms with Crippen LogP contribution in [0.3, 0.4) is 0 Å². The summed E-state index contributed by atoms with van der Waals surface area (Å²) in [5.41, 5.74) is 0. The maximum absolute atomic E-state index is 12.1. The molecule has 0 saturated heterocycles. The topological polar surface area (TPSA) is 26.3 Å². The third-order valence-electron chi connectivity index (χ3n) is 15.0. The van der Waals surface area contributed by atoms with E-state index in [0.717, 1.165) is 12.8 Å². The van der Waals surface area contributed by atoms with Crippen molar-refractivity contribution in [3.8, 4) is 0 Å². The second-order valence-electron chi connectivity index (χ2n) is 21.8. The Balaban J connectivity index is 3.14. The fourth-order valence-corrected chi connectivity index (χ4v) is 10.3. The summed E-state index contributed by atoms with van der Waals surface area (Å²) >= 11 is 0. The molecule has 0 radical (unpaired) electrons. The van der Waals surface area contributed by atoms with Crippen LogP contribution in [-0.2, 0) is 9.53 Å². The van der Waals surface area contributed by atoms with Crippen LogP contribution in [0.15, 0.2) is 0 Å². The van der Waals surface area contributed by atoms with Crippen LogP contribution >= 0.6 is 0 Å². The SMILES string of the molecule is CCCCCCCCCCCCCCCCCCCCCCCCCCCCCCCCCCCCC(=O)OCCCCCCCCCCCCCCCCCCCCCCCCCC. The molecule has 2 nitrogen and oxygen atoms in total. The zero-order chi connectivity index (χ0) is 46.7. The number of hydrogen-bond donors (Lipinski definition) is 0. The average Bonchev–Trinajstić information content (AvgIpc) is 3.31. The molecule has 0 saturated carbocycles. The van der Waals surface area contributed by atoms with Crippen molar-refractivity contribution in [3.05, 3.63) is 0 Å². The summed E-state index contributed by atoms with van der Waals surface area (Å²) in [6.07, 6.45) is 83.2. The highest BCUT2D eigenvalue weighted by Gasteiger charge is 2.04. The fraction of sp³-hybridized carbons (Fsp3) is 0.984. The fourth-order valence-electron chi connectivity index (χ4n) is 10.3. The molecule has 390 valence electrons. The van der Waals surface area contributed by atoms with E-state index in [1.807, 2.05) is 0 Å². The number of carbonyl (C=O) groups is 1. The van der Waals surface area contributed by atoms with Crippen LogP contribution in [0, 0.1) is 0 Å². The molecule has 0 heterocycles. The van der Waals surface area contributed by atoms with Gasteiger partial charge in [-0.3, -0.25) is 4.79 Å². The Morgan fingerprint density at radius 1 is 0.200 bits per heavy atom. The van der Waals surface area contributed by atoms with E-state index in [1.165, 1.54) is 360 Å². The molecule has 65 heavy (non-hydrogen) atoms. The van der Waals surface area contributed by atoms with Gasteiger partial charge >= 0.3 is 5.97 Å². The monoisotopic (exact) mass is 915 g/mol. The van der Waals surface area contributed by atoms with Crippen LogP contribution in [0.5, 0.6) is 0 Å². The minimum absolute atomic E-state index is 0.0370. The molecule has 0 spiro atoms. The standard InChI is InChI=1S/C63H126O2/c1-3-5-7-9-11-13-15-17-19-21-23-25-27-29-30-31-32-33-34-35-36-37-38-39-41-43-45-47-49-51-53-55-57-59-61-63(64)65-62-60-58-56-54-52-50-48-46-44-42-40-28-26-24-22-20-18-16-14-12-10-8-6-4-2/h3-62H2,1-2H3. The quantitative estimate of drug-likeness (QED) is 0.0449. The van der Waals surface area contributed by atoms with E-state index >= 15 is 0 Å². The number of esters is 1. The Kier molecular flexibility index (Phi) is 61.0. The summed E-state index contributed by atoms with van der Waals surface area (Å²) in [5, 5.41) is 0. The zero-order valence-electron chi connectivity index (χ0n) is 45.7. The van der Waals surface area contributed by atoms with Gasteiger partial charge in [-0.2, -0.15) is 0 Å². The molecule has 0 aliphatic rings. The first-order chi connectivity index (χ1) is 32.3. The molecule has 0 fully saturated rings. The van der Waals surface area contributed by atoms with Crippen LogP contribution in [0.4, 0.5) is 0 Å². The van der Waals surface area contributed by atoms with Crippen LogP contribution < -0.4 is 0 Å². The average molecular weight is 916 g/mol. The number of hydrogen-bond acceptors (Lipinski definition) is 2. The van der Waals surface area contributed by atoms with Crippen molar-refractivity contribution >= 4 is 5.97 Å². The van der Waals surface area contributed by atoms with E-state index in [9.17, 15) is 4.79 Å². The molecular formula is C63H126O2. The van der Waals surface area contributed by atoms with Gasteiger partial charge in [0.1, 0.15) is 0 Å². The van der Waals surface area contributed by atoms with Crippen molar-refractivity contribution in [2.45, 2.75) is 393 Å². The largest absolute Gasteiger partial charge is 0.466 e. The van der Waals surface area contributed by atoms with Crippen LogP contribution in [0.1, 0.15) is 393 Å². The lowest BCUT2D eigenvalue weighted by Crippen LogP contribution is -2.05. The number of ether oxygens (including phenoxy) is 1. The summed E-state index contributed by atoms with van der Waals surface area (Å²) < 4.78 is 5.52. The number of unbranched alkanes of at least 4 members (excludes halogenated alkanes) is 56. The molecule has 0 aliphatic carbocycles. The lowest BCUT2D eigenvalue weighted by atomic mass is 10.0. The van der Waals surface area contributed by atoms with Crippen molar-refractivity contribution in [3.63, 3.8) is 0 Å². The van der Waals surface area contributed by atoms with Crippen LogP contribution in [-0.4, -0.2) is 12.6 Å². The first-order valence-electron chi connectivity index (χ1n) is 31.5. The van der Waals surface area contributed by atoms with Crippen molar-refractivity contribution in [2.75, 3.05) is 6.61 Å². The highest BCUT2D eigenvalue weighted by Crippen LogP contribution is 2.19. The van der Waals surface area contributed by atoms with Crippen molar-refractivity contribution in [2.24, 2.45) is 0 Å². The Morgan fingerprint density at radius 3 is 0.508 bits per heavy atom. The highest BCUT2D eigenvalue weighted by molar-refractivity contribution is 5.69. The van der Waals surface area contributed by atoms with Gasteiger partial charge in [-0.1, -0.05) is 373 Å². The van der Waals surface area contributed by atoms with Gasteiger partial charge in [-0.25, -0.2) is 0 Å². The van der Waals surface area contributed by atoms with Crippen molar-refractivity contribution in [1.29, 1.82) is 0 Å². The van der Waals surface area contributed by atoms with Crippen LogP contribution in [0.2, 0.25) is 0 Å². The van der Waals surface area contributed by atoms with Gasteiger partial charge in [-0.05, 0) is 12.8 Å². The Morgan fingerprint density at radius 2 is 0.338 bits per heavy atom. The number of carbonyl (C=O) groups excluding carboxylic acids is 1. The minimum atomic E-state index is 0.0370. The maximum atomic E-state index is 12.1. The first-order valence-corrected chi connectivity index (χ1v) is 31.5. The molecule has 0 atom stereocenters. The molecule has 0 N–H and O–H groups in total. The van der Waals surface area contributed by atoms with E-state index in [4.69, 9.17) is 4.74 Å². The van der Waals surface area contributed by atoms with Gasteiger partial charge in [0, 0.05) is 6.42 Å². The van der Waals surface area contributed by atoms with E-state index < -0.39 is 0 Å². The van der Waals surface area contributed by atoms with Gasteiger partial charge in [0.05, 0.1) is 6.61 Å². The molecule has 0 aliphatic heterocycles. The predicted octanol–water partition coefficient (Wildman–Crippen LogP) is 23.6. The summed E-state index contributed by atoms with van der Waals surface area (Å²) in [5.74, 6) is 0.0370. The molecule has 0 aromatic carbocycles. The molecule has 0 aromatic rings. The van der Waals surface area contributed by atoms with E-state index in [1.54, 1.807) is 0 Å². The normalized spacial score (nSPS) is 11.6. The number of rotatable bonds is 60. The maximum Gasteiger partial charge on any atom is 0.305 e. The second kappa shape index (κ2) is 61.5. The van der Waals surface area contributed by atoms with E-state index in [2.05, 4.69) is 13.8 Å². The van der Waals surface area contributed by atoms with Gasteiger partial charge in [0.2, 0.25) is 0 Å². The molecule has 0 aromatic heterocycles. The lowest BCUT2D eigenvalue weighted by molar-refractivity contribution is -0.143. The molecule has 0 amide bonds.